The average Bonchev–Trinajstić information content (AvgIpc) is 3.17. The van der Waals surface area contributed by atoms with Crippen LogP contribution in [0.4, 0.5) is 14.5 Å². The lowest BCUT2D eigenvalue weighted by molar-refractivity contribution is -0.131. The van der Waals surface area contributed by atoms with Crippen molar-refractivity contribution in [2.75, 3.05) is 32.1 Å². The van der Waals surface area contributed by atoms with Gasteiger partial charge in [0.1, 0.15) is 17.4 Å². The number of halogens is 2. The lowest BCUT2D eigenvalue weighted by atomic mass is 10.0. The monoisotopic (exact) mass is 459 g/mol. The summed E-state index contributed by atoms with van der Waals surface area (Å²) in [5, 5.41) is 2.95. The molecule has 2 aromatic rings. The average molecular weight is 459 g/mol. The van der Waals surface area contributed by atoms with Crippen molar-refractivity contribution in [2.24, 2.45) is 5.92 Å². The fourth-order valence-corrected chi connectivity index (χ4v) is 3.69. The lowest BCUT2D eigenvalue weighted by Crippen LogP contribution is -2.35. The van der Waals surface area contributed by atoms with Crippen molar-refractivity contribution in [3.05, 3.63) is 59.7 Å². The summed E-state index contributed by atoms with van der Waals surface area (Å²) in [5.74, 6) is -2.67. The van der Waals surface area contributed by atoms with E-state index in [1.165, 1.54) is 9.80 Å². The maximum atomic E-state index is 13.6. The van der Waals surface area contributed by atoms with Gasteiger partial charge in [-0.25, -0.2) is 8.78 Å². The highest BCUT2D eigenvalue weighted by Gasteiger charge is 2.36. The molecule has 0 aromatic heterocycles. The zero-order valence-corrected chi connectivity index (χ0v) is 18.8. The quantitative estimate of drug-likeness (QED) is 0.658. The Bertz CT molecular complexity index is 1020. The Morgan fingerprint density at radius 3 is 2.48 bits per heavy atom. The van der Waals surface area contributed by atoms with E-state index in [0.29, 0.717) is 17.7 Å². The summed E-state index contributed by atoms with van der Waals surface area (Å²) < 4.78 is 32.8. The molecule has 9 heteroatoms. The van der Waals surface area contributed by atoms with E-state index < -0.39 is 23.6 Å². The molecular formula is C24H27F2N3O4. The molecular weight excluding hydrogens is 432 g/mol. The van der Waals surface area contributed by atoms with Crippen LogP contribution >= 0.6 is 0 Å². The first kappa shape index (κ1) is 24.2. The third kappa shape index (κ3) is 5.85. The van der Waals surface area contributed by atoms with Crippen molar-refractivity contribution in [2.45, 2.75) is 25.8 Å². The molecule has 1 heterocycles. The van der Waals surface area contributed by atoms with E-state index in [1.54, 1.807) is 26.2 Å². The number of ether oxygens (including phenoxy) is 1. The van der Waals surface area contributed by atoms with Gasteiger partial charge in [0.2, 0.25) is 11.8 Å². The summed E-state index contributed by atoms with van der Waals surface area (Å²) in [4.78, 5) is 39.9. The number of nitrogens with zero attached hydrogens (tertiary/aromatic N) is 2. The van der Waals surface area contributed by atoms with E-state index in [4.69, 9.17) is 4.74 Å². The number of nitrogens with one attached hydrogen (secondary N) is 1. The smallest absolute Gasteiger partial charge is 0.259 e. The molecule has 1 aliphatic heterocycles. The van der Waals surface area contributed by atoms with E-state index in [9.17, 15) is 23.2 Å². The Labute approximate surface area is 191 Å². The molecule has 1 fully saturated rings. The summed E-state index contributed by atoms with van der Waals surface area (Å²) in [6.07, 6.45) is 0.489. The third-order valence-corrected chi connectivity index (χ3v) is 5.52. The van der Waals surface area contributed by atoms with Gasteiger partial charge in [0.05, 0.1) is 12.0 Å². The van der Waals surface area contributed by atoms with Gasteiger partial charge in [0, 0.05) is 44.4 Å². The number of benzene rings is 2. The maximum Gasteiger partial charge on any atom is 0.259 e. The Morgan fingerprint density at radius 1 is 1.18 bits per heavy atom. The summed E-state index contributed by atoms with van der Waals surface area (Å²) in [7, 11) is 3.27. The molecule has 176 valence electrons. The fraction of sp³-hybridized carbons (Fsp3) is 0.375. The van der Waals surface area contributed by atoms with Crippen LogP contribution in [0.5, 0.6) is 5.75 Å². The van der Waals surface area contributed by atoms with Crippen LogP contribution in [-0.4, -0.2) is 49.9 Å². The Kier molecular flexibility index (Phi) is 7.63. The van der Waals surface area contributed by atoms with Gasteiger partial charge in [-0.2, -0.15) is 0 Å². The van der Waals surface area contributed by atoms with Crippen molar-refractivity contribution in [3.8, 4) is 5.75 Å². The number of para-hydroxylation sites is 1. The first-order valence-corrected chi connectivity index (χ1v) is 10.7. The van der Waals surface area contributed by atoms with Crippen molar-refractivity contribution in [1.82, 2.24) is 10.2 Å². The number of anilines is 1. The molecule has 0 bridgehead atoms. The molecule has 2 aromatic carbocycles. The van der Waals surface area contributed by atoms with Gasteiger partial charge in [-0.3, -0.25) is 14.4 Å². The molecule has 0 spiro atoms. The number of likely N-dealkylation sites (N-methyl/N-ethyl adjacent to an activating group) is 1. The zero-order valence-electron chi connectivity index (χ0n) is 18.8. The number of hydrogen-bond donors (Lipinski definition) is 1. The second kappa shape index (κ2) is 10.4. The minimum atomic E-state index is -0.791. The second-order valence-corrected chi connectivity index (χ2v) is 8.12. The van der Waals surface area contributed by atoms with Gasteiger partial charge in [0.15, 0.2) is 6.61 Å². The van der Waals surface area contributed by atoms with E-state index in [1.807, 2.05) is 19.1 Å². The predicted molar refractivity (Wildman–Crippen MR) is 119 cm³/mol. The number of carbonyl (C=O) groups excluding carboxylic acids is 3. The molecule has 1 N–H and O–H groups in total. The molecule has 7 nitrogen and oxygen atoms in total. The third-order valence-electron chi connectivity index (χ3n) is 5.52. The minimum Gasteiger partial charge on any atom is -0.483 e. The molecule has 1 saturated heterocycles. The van der Waals surface area contributed by atoms with E-state index >= 15 is 0 Å². The van der Waals surface area contributed by atoms with Crippen LogP contribution in [0.2, 0.25) is 0 Å². The Hall–Kier alpha value is -3.49. The lowest BCUT2D eigenvalue weighted by Gasteiger charge is -2.23. The standard InChI is InChI=1S/C24H27F2N3O4/c1-4-20(19-7-5-6-8-21(19)33-14-23(31)28(2)3)27-24(32)15-9-22(30)29(13-15)18-11-16(25)10-17(26)12-18/h5-8,10-12,15,20H,4,9,13-14H2,1-3H3,(H,27,32). The topological polar surface area (TPSA) is 79.0 Å². The van der Waals surface area contributed by atoms with Crippen LogP contribution in [-0.2, 0) is 14.4 Å². The van der Waals surface area contributed by atoms with Gasteiger partial charge in [-0.1, -0.05) is 25.1 Å². The van der Waals surface area contributed by atoms with Gasteiger partial charge >= 0.3 is 0 Å². The zero-order chi connectivity index (χ0) is 24.1. The van der Waals surface area contributed by atoms with Crippen molar-refractivity contribution >= 4 is 23.4 Å². The first-order valence-electron chi connectivity index (χ1n) is 10.7. The van der Waals surface area contributed by atoms with Crippen LogP contribution in [0, 0.1) is 17.6 Å². The minimum absolute atomic E-state index is 0.0273. The maximum absolute atomic E-state index is 13.6. The summed E-state index contributed by atoms with van der Waals surface area (Å²) in [6, 6.07) is 9.59. The highest BCUT2D eigenvalue weighted by atomic mass is 19.1. The van der Waals surface area contributed by atoms with Crippen LogP contribution in [0.25, 0.3) is 0 Å². The number of carbonyl (C=O) groups is 3. The normalized spacial score (nSPS) is 16.5. The molecule has 0 saturated carbocycles. The molecule has 3 rings (SSSR count). The number of amides is 3. The van der Waals surface area contributed by atoms with Crippen molar-refractivity contribution in [3.63, 3.8) is 0 Å². The molecule has 2 atom stereocenters. The Balaban J connectivity index is 1.70. The molecule has 33 heavy (non-hydrogen) atoms. The van der Waals surface area contributed by atoms with Crippen LogP contribution in [0.3, 0.4) is 0 Å². The van der Waals surface area contributed by atoms with E-state index in [-0.39, 0.29) is 43.0 Å². The molecule has 3 amide bonds. The number of hydrogen-bond acceptors (Lipinski definition) is 4. The SMILES string of the molecule is CCC(NC(=O)C1CC(=O)N(c2cc(F)cc(F)c2)C1)c1ccccc1OCC(=O)N(C)C. The molecule has 0 aliphatic carbocycles. The van der Waals surface area contributed by atoms with Crippen LogP contribution in [0.15, 0.2) is 42.5 Å². The van der Waals surface area contributed by atoms with E-state index in [2.05, 4.69) is 5.32 Å². The van der Waals surface area contributed by atoms with Crippen molar-refractivity contribution < 1.29 is 27.9 Å². The van der Waals surface area contributed by atoms with Crippen molar-refractivity contribution in [1.29, 1.82) is 0 Å². The Morgan fingerprint density at radius 2 is 1.85 bits per heavy atom. The molecule has 1 aliphatic rings. The summed E-state index contributed by atoms with van der Waals surface area (Å²) in [6.45, 7) is 1.79. The van der Waals surface area contributed by atoms with Gasteiger partial charge in [-0.15, -0.1) is 0 Å². The van der Waals surface area contributed by atoms with E-state index in [0.717, 1.165) is 18.2 Å². The second-order valence-electron chi connectivity index (χ2n) is 8.12. The first-order chi connectivity index (χ1) is 15.7. The van der Waals surface area contributed by atoms with Gasteiger partial charge in [0.25, 0.3) is 5.91 Å². The highest BCUT2D eigenvalue weighted by Crippen LogP contribution is 2.30. The number of rotatable bonds is 8. The fourth-order valence-electron chi connectivity index (χ4n) is 3.69. The molecule has 0 radical (unpaired) electrons. The van der Waals surface area contributed by atoms with Crippen LogP contribution in [0.1, 0.15) is 31.4 Å². The van der Waals surface area contributed by atoms with Crippen LogP contribution < -0.4 is 15.0 Å². The highest BCUT2D eigenvalue weighted by molar-refractivity contribution is 6.00. The summed E-state index contributed by atoms with van der Waals surface area (Å²) >= 11 is 0. The molecule has 2 unspecified atom stereocenters. The predicted octanol–water partition coefficient (Wildman–Crippen LogP) is 3.05. The van der Waals surface area contributed by atoms with Gasteiger partial charge in [-0.05, 0) is 24.6 Å². The van der Waals surface area contributed by atoms with Gasteiger partial charge < -0.3 is 19.9 Å². The largest absolute Gasteiger partial charge is 0.483 e. The summed E-state index contributed by atoms with van der Waals surface area (Å²) in [5.41, 5.74) is 0.803.